The summed E-state index contributed by atoms with van der Waals surface area (Å²) >= 11 is 1.36. The van der Waals surface area contributed by atoms with Crippen LogP contribution in [0.2, 0.25) is 0 Å². The Labute approximate surface area is 201 Å². The molecule has 0 saturated carbocycles. The molecule has 0 aliphatic carbocycles. The van der Waals surface area contributed by atoms with Crippen LogP contribution >= 0.6 is 11.8 Å². The molecule has 3 unspecified atom stereocenters. The summed E-state index contributed by atoms with van der Waals surface area (Å²) in [6.45, 7) is 3.18. The maximum atomic E-state index is 13.1. The fourth-order valence-corrected chi connectivity index (χ4v) is 5.38. The van der Waals surface area contributed by atoms with Crippen molar-refractivity contribution in [2.24, 2.45) is 5.92 Å². The van der Waals surface area contributed by atoms with Crippen LogP contribution in [0.3, 0.4) is 0 Å². The van der Waals surface area contributed by atoms with Gasteiger partial charge in [-0.05, 0) is 36.2 Å². The second-order valence-corrected chi connectivity index (χ2v) is 9.73. The van der Waals surface area contributed by atoms with E-state index in [1.54, 1.807) is 30.3 Å². The smallest absolute Gasteiger partial charge is 0.234 e. The molecule has 2 aromatic rings. The van der Waals surface area contributed by atoms with Crippen molar-refractivity contribution < 1.29 is 23.5 Å². The molecule has 3 N–H and O–H groups in total. The highest BCUT2D eigenvalue weighted by Crippen LogP contribution is 2.32. The van der Waals surface area contributed by atoms with Crippen molar-refractivity contribution in [3.63, 3.8) is 0 Å². The first-order valence-corrected chi connectivity index (χ1v) is 12.4. The summed E-state index contributed by atoms with van der Waals surface area (Å²) in [6.07, 6.45) is 0.833. The molecule has 2 amide bonds. The molecule has 34 heavy (non-hydrogen) atoms. The number of nitrogens with zero attached hydrogens (tertiary/aromatic N) is 1. The number of fused-ring (bicyclic) bond motifs is 2. The molecule has 0 spiro atoms. The Morgan fingerprint density at radius 2 is 1.94 bits per heavy atom. The van der Waals surface area contributed by atoms with Crippen molar-refractivity contribution in [2.75, 3.05) is 37.4 Å². The molecule has 2 saturated heterocycles. The number of ether oxygens (including phenoxy) is 2. The zero-order chi connectivity index (χ0) is 23.5. The van der Waals surface area contributed by atoms with Crippen molar-refractivity contribution >= 4 is 29.3 Å². The van der Waals surface area contributed by atoms with E-state index < -0.39 is 0 Å². The van der Waals surface area contributed by atoms with Gasteiger partial charge >= 0.3 is 0 Å². The number of halogens is 1. The van der Waals surface area contributed by atoms with Crippen molar-refractivity contribution in [1.29, 1.82) is 0 Å². The molecule has 3 heterocycles. The average Bonchev–Trinajstić information content (AvgIpc) is 2.84. The summed E-state index contributed by atoms with van der Waals surface area (Å²) < 4.78 is 24.2. The van der Waals surface area contributed by atoms with Crippen LogP contribution in [0, 0.1) is 11.7 Å². The van der Waals surface area contributed by atoms with E-state index in [4.69, 9.17) is 9.47 Å². The summed E-state index contributed by atoms with van der Waals surface area (Å²) in [5.41, 5.74) is 1.36. The first-order chi connectivity index (χ1) is 16.5. The molecule has 3 aliphatic heterocycles. The summed E-state index contributed by atoms with van der Waals surface area (Å²) in [7, 11) is 0. The number of nitrogens with one attached hydrogen (secondary N) is 3. The average molecular weight is 487 g/mol. The number of anilines is 1. The Morgan fingerprint density at radius 1 is 1.15 bits per heavy atom. The van der Waals surface area contributed by atoms with Crippen LogP contribution < -0.4 is 25.4 Å². The Bertz CT molecular complexity index is 1050. The number of thioether (sulfide) groups is 1. The van der Waals surface area contributed by atoms with Crippen molar-refractivity contribution in [2.45, 2.75) is 24.5 Å². The maximum Gasteiger partial charge on any atom is 0.234 e. The molecule has 0 radical (unpaired) electrons. The number of rotatable bonds is 6. The Kier molecular flexibility index (Phi) is 6.89. The van der Waals surface area contributed by atoms with Crippen LogP contribution in [0.5, 0.6) is 11.5 Å². The van der Waals surface area contributed by atoms with Crippen LogP contribution in [-0.2, 0) is 16.1 Å². The van der Waals surface area contributed by atoms with Gasteiger partial charge in [0.15, 0.2) is 11.5 Å². The molecule has 2 fully saturated rings. The highest BCUT2D eigenvalue weighted by Gasteiger charge is 2.40. The summed E-state index contributed by atoms with van der Waals surface area (Å²) in [6, 6.07) is 11.9. The van der Waals surface area contributed by atoms with Crippen molar-refractivity contribution in [1.82, 2.24) is 15.5 Å². The second-order valence-electron chi connectivity index (χ2n) is 8.64. The van der Waals surface area contributed by atoms with Gasteiger partial charge in [0.2, 0.25) is 11.8 Å². The number of hydrogen-bond acceptors (Lipinski definition) is 7. The lowest BCUT2D eigenvalue weighted by Crippen LogP contribution is -2.64. The van der Waals surface area contributed by atoms with Crippen LogP contribution in [-0.4, -0.2) is 60.3 Å². The quantitative estimate of drug-likeness (QED) is 0.576. The summed E-state index contributed by atoms with van der Waals surface area (Å²) in [4.78, 5) is 27.5. The highest BCUT2D eigenvalue weighted by atomic mass is 32.2. The first-order valence-electron chi connectivity index (χ1n) is 11.4. The fourth-order valence-electron chi connectivity index (χ4n) is 4.52. The summed E-state index contributed by atoms with van der Waals surface area (Å²) in [5, 5.41) is 9.33. The van der Waals surface area contributed by atoms with Gasteiger partial charge in [-0.15, -0.1) is 11.8 Å². The van der Waals surface area contributed by atoms with Gasteiger partial charge in [0.05, 0.1) is 11.7 Å². The Morgan fingerprint density at radius 3 is 2.76 bits per heavy atom. The standard InChI is InChI=1S/C24H27FN4O4S/c25-16-3-1-15(2-4-16)12-29-8-7-19-18(13-29)23(31)28-24(27-19)34-14-22(30)26-17-5-6-20-21(11-17)33-10-9-32-20/h1-6,11,18-19,24,27H,7-10,12-14H2,(H,26,30)(H,28,31). The molecule has 0 aromatic heterocycles. The predicted molar refractivity (Wildman–Crippen MR) is 127 cm³/mol. The number of hydrogen-bond donors (Lipinski definition) is 3. The van der Waals surface area contributed by atoms with Gasteiger partial charge in [-0.2, -0.15) is 0 Å². The predicted octanol–water partition coefficient (Wildman–Crippen LogP) is 2.16. The zero-order valence-corrected chi connectivity index (χ0v) is 19.4. The Hall–Kier alpha value is -2.82. The van der Waals surface area contributed by atoms with E-state index in [9.17, 15) is 14.0 Å². The minimum Gasteiger partial charge on any atom is -0.486 e. The van der Waals surface area contributed by atoms with Gasteiger partial charge in [0, 0.05) is 37.4 Å². The van der Waals surface area contributed by atoms with Crippen molar-refractivity contribution in [3.05, 3.63) is 53.8 Å². The number of likely N-dealkylation sites (tertiary alicyclic amines) is 1. The van der Waals surface area contributed by atoms with E-state index in [-0.39, 0.29) is 40.8 Å². The minimum absolute atomic E-state index is 0.00250. The minimum atomic E-state index is -0.316. The third-order valence-corrected chi connectivity index (χ3v) is 7.22. The molecule has 3 aliphatic rings. The molecule has 8 nitrogen and oxygen atoms in total. The van der Waals surface area contributed by atoms with Crippen LogP contribution in [0.4, 0.5) is 10.1 Å². The number of benzene rings is 2. The topological polar surface area (TPSA) is 91.9 Å². The number of amides is 2. The van der Waals surface area contributed by atoms with Crippen molar-refractivity contribution in [3.8, 4) is 11.5 Å². The lowest BCUT2D eigenvalue weighted by molar-refractivity contribution is -0.130. The molecule has 2 aromatic carbocycles. The van der Waals surface area contributed by atoms with E-state index in [2.05, 4.69) is 20.9 Å². The van der Waals surface area contributed by atoms with Crippen LogP contribution in [0.15, 0.2) is 42.5 Å². The van der Waals surface area contributed by atoms with Gasteiger partial charge in [-0.1, -0.05) is 12.1 Å². The van der Waals surface area contributed by atoms with E-state index in [0.717, 1.165) is 18.5 Å². The van der Waals surface area contributed by atoms with Gasteiger partial charge in [0.25, 0.3) is 0 Å². The van der Waals surface area contributed by atoms with Gasteiger partial charge in [-0.3, -0.25) is 19.8 Å². The van der Waals surface area contributed by atoms with Gasteiger partial charge < -0.3 is 20.1 Å². The monoisotopic (exact) mass is 486 g/mol. The number of piperidine rings is 1. The molecule has 3 atom stereocenters. The SMILES string of the molecule is O=C(CSC1NC(=O)C2CN(Cc3ccc(F)cc3)CCC2N1)Nc1ccc2c(c1)OCCO2. The largest absolute Gasteiger partial charge is 0.486 e. The molecule has 5 rings (SSSR count). The number of carbonyl (C=O) groups is 2. The van der Waals surface area contributed by atoms with Crippen LogP contribution in [0.1, 0.15) is 12.0 Å². The van der Waals surface area contributed by atoms with Gasteiger partial charge in [0.1, 0.15) is 24.5 Å². The third kappa shape index (κ3) is 5.45. The molecule has 0 bridgehead atoms. The molecule has 10 heteroatoms. The lowest BCUT2D eigenvalue weighted by Gasteiger charge is -2.43. The normalized spacial score (nSPS) is 24.1. The molecular formula is C24H27FN4O4S. The van der Waals surface area contributed by atoms with Crippen LogP contribution in [0.25, 0.3) is 0 Å². The van der Waals surface area contributed by atoms with E-state index in [1.165, 1.54) is 23.9 Å². The lowest BCUT2D eigenvalue weighted by atomic mass is 9.89. The third-order valence-electron chi connectivity index (χ3n) is 6.20. The van der Waals surface area contributed by atoms with E-state index in [1.807, 2.05) is 0 Å². The zero-order valence-electron chi connectivity index (χ0n) is 18.6. The fraction of sp³-hybridized carbons (Fsp3) is 0.417. The first kappa shape index (κ1) is 22.9. The molecule has 180 valence electrons. The Balaban J connectivity index is 1.09. The summed E-state index contributed by atoms with van der Waals surface area (Å²) in [5.74, 6) is 0.923. The highest BCUT2D eigenvalue weighted by molar-refractivity contribution is 8.00. The second kappa shape index (κ2) is 10.2. The van der Waals surface area contributed by atoms with E-state index in [0.29, 0.717) is 43.5 Å². The maximum absolute atomic E-state index is 13.1. The number of carbonyl (C=O) groups excluding carboxylic acids is 2. The molecular weight excluding hydrogens is 459 g/mol. The van der Waals surface area contributed by atoms with E-state index >= 15 is 0 Å². The van der Waals surface area contributed by atoms with Gasteiger partial charge in [-0.25, -0.2) is 4.39 Å².